The van der Waals surface area contributed by atoms with Crippen molar-refractivity contribution in [3.63, 3.8) is 0 Å². The fourth-order valence-corrected chi connectivity index (χ4v) is 5.28. The topological polar surface area (TPSA) is 83.6 Å². The predicted molar refractivity (Wildman–Crippen MR) is 131 cm³/mol. The number of piperidine rings is 1. The molecule has 0 radical (unpaired) electrons. The molecule has 1 saturated carbocycles. The number of halogens is 2. The molecule has 35 heavy (non-hydrogen) atoms. The van der Waals surface area contributed by atoms with Crippen molar-refractivity contribution < 1.29 is 18.7 Å². The van der Waals surface area contributed by atoms with Crippen LogP contribution in [0.5, 0.6) is 5.75 Å². The lowest BCUT2D eigenvalue weighted by molar-refractivity contribution is -0.135. The molecule has 1 aromatic carbocycles. The molecule has 2 N–H and O–H groups in total. The van der Waals surface area contributed by atoms with E-state index >= 15 is 0 Å². The zero-order valence-electron chi connectivity index (χ0n) is 19.9. The van der Waals surface area contributed by atoms with Gasteiger partial charge in [-0.25, -0.2) is 9.37 Å². The summed E-state index contributed by atoms with van der Waals surface area (Å²) in [7, 11) is 0. The van der Waals surface area contributed by atoms with Crippen LogP contribution in [0.15, 0.2) is 36.5 Å². The van der Waals surface area contributed by atoms with Crippen LogP contribution < -0.4 is 20.3 Å². The Balaban J connectivity index is 1.20. The van der Waals surface area contributed by atoms with Gasteiger partial charge >= 0.3 is 0 Å². The average Bonchev–Trinajstić information content (AvgIpc) is 3.58. The third kappa shape index (κ3) is 5.22. The summed E-state index contributed by atoms with van der Waals surface area (Å²) >= 11 is 6.07. The maximum absolute atomic E-state index is 13.3. The monoisotopic (exact) mass is 500 g/mol. The van der Waals surface area contributed by atoms with Gasteiger partial charge in [0.15, 0.2) is 5.60 Å². The lowest BCUT2D eigenvalue weighted by atomic mass is 9.96. The Hall–Kier alpha value is -2.87. The molecule has 3 aliphatic rings. The van der Waals surface area contributed by atoms with Crippen molar-refractivity contribution in [1.29, 1.82) is 0 Å². The van der Waals surface area contributed by atoms with Gasteiger partial charge in [-0.05, 0) is 82.7 Å². The SMILES string of the molecule is CC(C)(Oc1ccc(F)cc1Cl)C(=O)NC1C[C@H]2CC[C@@H](C1)N2c1ccc(C(=O)NC2CC2)cn1. The molecule has 5 rings (SSSR count). The van der Waals surface area contributed by atoms with E-state index in [1.54, 1.807) is 20.0 Å². The van der Waals surface area contributed by atoms with Crippen molar-refractivity contribution in [3.05, 3.63) is 52.9 Å². The summed E-state index contributed by atoms with van der Waals surface area (Å²) < 4.78 is 19.2. The molecule has 1 unspecified atom stereocenters. The first kappa shape index (κ1) is 23.9. The standard InChI is InChI=1S/C26H30ClFN4O3/c1-26(2,35-22-9-4-16(28)11-21(22)27)25(34)31-18-12-19-7-8-20(13-18)32(19)23-10-3-15(14-29-23)24(33)30-17-5-6-17/h3-4,9-11,14,17-20H,5-8,12-13H2,1-2H3,(H,30,33)(H,31,34)/t18?,19-,20+. The second-order valence-corrected chi connectivity index (χ2v) is 10.7. The molecule has 9 heteroatoms. The van der Waals surface area contributed by atoms with E-state index in [-0.39, 0.29) is 40.7 Å². The number of fused-ring (bicyclic) bond motifs is 2. The van der Waals surface area contributed by atoms with Gasteiger partial charge in [0.05, 0.1) is 10.6 Å². The van der Waals surface area contributed by atoms with Crippen molar-refractivity contribution in [3.8, 4) is 5.75 Å². The number of hydrogen-bond donors (Lipinski definition) is 2. The fraction of sp³-hybridized carbons (Fsp3) is 0.500. The largest absolute Gasteiger partial charge is 0.476 e. The summed E-state index contributed by atoms with van der Waals surface area (Å²) in [6.07, 6.45) is 7.44. The van der Waals surface area contributed by atoms with Crippen LogP contribution in [-0.4, -0.2) is 46.6 Å². The van der Waals surface area contributed by atoms with Gasteiger partial charge in [0.2, 0.25) is 0 Å². The van der Waals surface area contributed by atoms with Crippen molar-refractivity contribution in [2.45, 2.75) is 82.1 Å². The summed E-state index contributed by atoms with van der Waals surface area (Å²) in [6, 6.07) is 8.49. The van der Waals surface area contributed by atoms with E-state index in [1.807, 2.05) is 12.1 Å². The van der Waals surface area contributed by atoms with Crippen LogP contribution in [-0.2, 0) is 4.79 Å². The van der Waals surface area contributed by atoms with Crippen LogP contribution in [0.3, 0.4) is 0 Å². The first-order valence-electron chi connectivity index (χ1n) is 12.2. The fourth-order valence-electron chi connectivity index (χ4n) is 5.08. The van der Waals surface area contributed by atoms with Crippen molar-refractivity contribution in [2.75, 3.05) is 4.90 Å². The van der Waals surface area contributed by atoms with E-state index in [4.69, 9.17) is 16.3 Å². The Morgan fingerprint density at radius 2 is 1.77 bits per heavy atom. The molecule has 2 saturated heterocycles. The maximum Gasteiger partial charge on any atom is 0.263 e. The van der Waals surface area contributed by atoms with E-state index in [0.29, 0.717) is 11.6 Å². The van der Waals surface area contributed by atoms with Gasteiger partial charge in [0.1, 0.15) is 17.4 Å². The lowest BCUT2D eigenvalue weighted by Gasteiger charge is -2.40. The number of carbonyl (C=O) groups excluding carboxylic acids is 2. The number of carbonyl (C=O) groups is 2. The predicted octanol–water partition coefficient (Wildman–Crippen LogP) is 4.24. The maximum atomic E-state index is 13.3. The highest BCUT2D eigenvalue weighted by atomic mass is 35.5. The number of benzene rings is 1. The van der Waals surface area contributed by atoms with Crippen LogP contribution >= 0.6 is 11.6 Å². The van der Waals surface area contributed by atoms with Gasteiger partial charge < -0.3 is 20.3 Å². The van der Waals surface area contributed by atoms with E-state index < -0.39 is 11.4 Å². The summed E-state index contributed by atoms with van der Waals surface area (Å²) in [5.74, 6) is 0.378. The zero-order valence-corrected chi connectivity index (χ0v) is 20.6. The Labute approximate surface area is 209 Å². The first-order chi connectivity index (χ1) is 16.7. The molecule has 7 nitrogen and oxygen atoms in total. The highest BCUT2D eigenvalue weighted by Crippen LogP contribution is 2.39. The molecule has 2 bridgehead atoms. The van der Waals surface area contributed by atoms with Gasteiger partial charge in [-0.3, -0.25) is 9.59 Å². The number of rotatable bonds is 7. The minimum atomic E-state index is -1.17. The average molecular weight is 501 g/mol. The number of ether oxygens (including phenoxy) is 1. The lowest BCUT2D eigenvalue weighted by Crippen LogP contribution is -2.55. The number of anilines is 1. The third-order valence-electron chi connectivity index (χ3n) is 7.06. The second-order valence-electron chi connectivity index (χ2n) is 10.3. The normalized spacial score (nSPS) is 23.7. The van der Waals surface area contributed by atoms with E-state index in [2.05, 4.69) is 20.5 Å². The molecule has 2 aromatic rings. The van der Waals surface area contributed by atoms with Crippen LogP contribution in [0.2, 0.25) is 5.02 Å². The Bertz CT molecular complexity index is 1110. The molecule has 2 amide bonds. The molecule has 3 atom stereocenters. The summed E-state index contributed by atoms with van der Waals surface area (Å²) in [6.45, 7) is 3.35. The van der Waals surface area contributed by atoms with Gasteiger partial charge in [0, 0.05) is 30.4 Å². The molecule has 1 aliphatic carbocycles. The quantitative estimate of drug-likeness (QED) is 0.594. The zero-order chi connectivity index (χ0) is 24.7. The molecular formula is C26H30ClFN4O3. The highest BCUT2D eigenvalue weighted by Gasteiger charge is 2.43. The number of nitrogens with one attached hydrogen (secondary N) is 2. The molecule has 3 fully saturated rings. The minimum Gasteiger partial charge on any atom is -0.476 e. The number of amides is 2. The van der Waals surface area contributed by atoms with E-state index in [0.717, 1.165) is 44.3 Å². The molecule has 3 heterocycles. The number of aromatic nitrogens is 1. The van der Waals surface area contributed by atoms with Gasteiger partial charge in [0.25, 0.3) is 11.8 Å². The highest BCUT2D eigenvalue weighted by molar-refractivity contribution is 6.32. The Morgan fingerprint density at radius 3 is 2.37 bits per heavy atom. The second kappa shape index (κ2) is 9.30. The van der Waals surface area contributed by atoms with Gasteiger partial charge in [-0.2, -0.15) is 0 Å². The van der Waals surface area contributed by atoms with Crippen molar-refractivity contribution in [1.82, 2.24) is 15.6 Å². The van der Waals surface area contributed by atoms with Gasteiger partial charge in [-0.1, -0.05) is 11.6 Å². The van der Waals surface area contributed by atoms with Crippen molar-refractivity contribution >= 4 is 29.2 Å². The molecule has 186 valence electrons. The number of nitrogens with zero attached hydrogens (tertiary/aromatic N) is 2. The molecular weight excluding hydrogens is 471 g/mol. The Morgan fingerprint density at radius 1 is 1.06 bits per heavy atom. The van der Waals surface area contributed by atoms with Crippen LogP contribution in [0, 0.1) is 5.82 Å². The van der Waals surface area contributed by atoms with Crippen LogP contribution in [0.1, 0.15) is 62.7 Å². The summed E-state index contributed by atoms with van der Waals surface area (Å²) in [5.41, 5.74) is -0.588. The van der Waals surface area contributed by atoms with Crippen molar-refractivity contribution in [2.24, 2.45) is 0 Å². The number of pyridine rings is 1. The smallest absolute Gasteiger partial charge is 0.263 e. The summed E-state index contributed by atoms with van der Waals surface area (Å²) in [4.78, 5) is 32.3. The first-order valence-corrected chi connectivity index (χ1v) is 12.6. The minimum absolute atomic E-state index is 0.0198. The molecule has 1 aromatic heterocycles. The summed E-state index contributed by atoms with van der Waals surface area (Å²) in [5, 5.41) is 6.26. The number of hydrogen-bond acceptors (Lipinski definition) is 5. The van der Waals surface area contributed by atoms with Gasteiger partial charge in [-0.15, -0.1) is 0 Å². The van der Waals surface area contributed by atoms with Crippen LogP contribution in [0.25, 0.3) is 0 Å². The van der Waals surface area contributed by atoms with E-state index in [1.165, 1.54) is 18.2 Å². The Kier molecular flexibility index (Phi) is 6.34. The molecule has 2 aliphatic heterocycles. The molecule has 0 spiro atoms. The third-order valence-corrected chi connectivity index (χ3v) is 7.36. The van der Waals surface area contributed by atoms with E-state index in [9.17, 15) is 14.0 Å². The van der Waals surface area contributed by atoms with Crippen LogP contribution in [0.4, 0.5) is 10.2 Å².